The normalized spacial score (nSPS) is 10.5. The highest BCUT2D eigenvalue weighted by Gasteiger charge is 2.11. The van der Waals surface area contributed by atoms with E-state index in [-0.39, 0.29) is 12.3 Å². The number of nitrogens with one attached hydrogen (secondary N) is 1. The van der Waals surface area contributed by atoms with Crippen LogP contribution in [0.5, 0.6) is 5.75 Å². The van der Waals surface area contributed by atoms with Gasteiger partial charge in [0.1, 0.15) is 5.75 Å². The monoisotopic (exact) mass is 370 g/mol. The summed E-state index contributed by atoms with van der Waals surface area (Å²) in [6.45, 7) is 2.54. The fraction of sp³-hybridized carbons (Fsp3) is 0.200. The molecule has 0 aliphatic carbocycles. The lowest BCUT2D eigenvalue weighted by molar-refractivity contribution is -0.116. The molecule has 0 aliphatic heterocycles. The highest BCUT2D eigenvalue weighted by Crippen LogP contribution is 2.28. The molecule has 0 aliphatic rings. The average Bonchev–Trinajstić information content (AvgIpc) is 3.11. The summed E-state index contributed by atoms with van der Waals surface area (Å²) in [4.78, 5) is 16.3. The number of oxazole rings is 1. The number of halogens is 1. The van der Waals surface area contributed by atoms with Crippen molar-refractivity contribution in [3.05, 3.63) is 65.6 Å². The number of hydrogen-bond donors (Lipinski definition) is 1. The van der Waals surface area contributed by atoms with Gasteiger partial charge in [-0.25, -0.2) is 4.98 Å². The van der Waals surface area contributed by atoms with Crippen molar-refractivity contribution >= 4 is 23.2 Å². The highest BCUT2D eigenvalue weighted by atomic mass is 35.5. The predicted molar refractivity (Wildman–Crippen MR) is 102 cm³/mol. The molecule has 1 heterocycles. The van der Waals surface area contributed by atoms with Gasteiger partial charge in [0.15, 0.2) is 11.7 Å². The van der Waals surface area contributed by atoms with E-state index in [2.05, 4.69) is 10.3 Å². The number of carbonyl (C=O) groups excluding carboxylic acids is 1. The molecule has 26 heavy (non-hydrogen) atoms. The van der Waals surface area contributed by atoms with Crippen LogP contribution < -0.4 is 10.1 Å². The van der Waals surface area contributed by atoms with Crippen molar-refractivity contribution in [3.8, 4) is 17.1 Å². The van der Waals surface area contributed by atoms with E-state index < -0.39 is 0 Å². The maximum Gasteiger partial charge on any atom is 0.224 e. The molecule has 5 nitrogen and oxygen atoms in total. The lowest BCUT2D eigenvalue weighted by Crippen LogP contribution is -2.12. The van der Waals surface area contributed by atoms with E-state index in [1.807, 2.05) is 49.4 Å². The first-order valence-electron chi connectivity index (χ1n) is 8.38. The van der Waals surface area contributed by atoms with Crippen molar-refractivity contribution in [1.29, 1.82) is 0 Å². The SMILES string of the molecule is CCOc1ccc(NC(=O)CCc2ncc(-c3ccccc3Cl)o2)cc1. The number of anilines is 1. The summed E-state index contributed by atoms with van der Waals surface area (Å²) in [5.74, 6) is 1.77. The first-order chi connectivity index (χ1) is 12.7. The second-order valence-electron chi connectivity index (χ2n) is 5.60. The maximum atomic E-state index is 12.1. The van der Waals surface area contributed by atoms with Gasteiger partial charge in [-0.2, -0.15) is 0 Å². The highest BCUT2D eigenvalue weighted by molar-refractivity contribution is 6.33. The summed E-state index contributed by atoms with van der Waals surface area (Å²) in [5, 5.41) is 3.44. The number of amides is 1. The van der Waals surface area contributed by atoms with Crippen molar-refractivity contribution in [2.75, 3.05) is 11.9 Å². The molecule has 0 radical (unpaired) electrons. The van der Waals surface area contributed by atoms with Crippen LogP contribution in [0.25, 0.3) is 11.3 Å². The minimum Gasteiger partial charge on any atom is -0.494 e. The fourth-order valence-corrected chi connectivity index (χ4v) is 2.69. The van der Waals surface area contributed by atoms with E-state index in [1.165, 1.54) is 0 Å². The number of hydrogen-bond acceptors (Lipinski definition) is 4. The van der Waals surface area contributed by atoms with Gasteiger partial charge in [-0.15, -0.1) is 0 Å². The predicted octanol–water partition coefficient (Wildman–Crippen LogP) is 4.97. The van der Waals surface area contributed by atoms with Crippen LogP contribution in [-0.2, 0) is 11.2 Å². The number of benzene rings is 2. The molecule has 2 aromatic carbocycles. The second kappa shape index (κ2) is 8.54. The molecule has 3 aromatic rings. The minimum atomic E-state index is -0.105. The molecule has 0 saturated heterocycles. The zero-order valence-electron chi connectivity index (χ0n) is 14.4. The Kier molecular flexibility index (Phi) is 5.92. The van der Waals surface area contributed by atoms with Gasteiger partial charge in [0, 0.05) is 24.1 Å². The zero-order chi connectivity index (χ0) is 18.4. The number of rotatable bonds is 7. The molecule has 0 atom stereocenters. The van der Waals surface area contributed by atoms with E-state index in [0.29, 0.717) is 29.7 Å². The van der Waals surface area contributed by atoms with Gasteiger partial charge in [-0.05, 0) is 43.3 Å². The second-order valence-corrected chi connectivity index (χ2v) is 6.01. The summed E-state index contributed by atoms with van der Waals surface area (Å²) < 4.78 is 11.1. The number of ether oxygens (including phenoxy) is 1. The van der Waals surface area contributed by atoms with Crippen LogP contribution in [0.1, 0.15) is 19.2 Å². The molecule has 1 aromatic heterocycles. The molecular weight excluding hydrogens is 352 g/mol. The van der Waals surface area contributed by atoms with Crippen molar-refractivity contribution < 1.29 is 13.9 Å². The van der Waals surface area contributed by atoms with Gasteiger partial charge >= 0.3 is 0 Å². The standard InChI is InChI=1S/C20H19ClN2O3/c1-2-25-15-9-7-14(8-10-15)23-19(24)11-12-20-22-13-18(26-20)16-5-3-4-6-17(16)21/h3-10,13H,2,11-12H2,1H3,(H,23,24). The zero-order valence-corrected chi connectivity index (χ0v) is 15.1. The summed E-state index contributed by atoms with van der Waals surface area (Å²) >= 11 is 6.16. The van der Waals surface area contributed by atoms with Crippen molar-refractivity contribution in [1.82, 2.24) is 4.98 Å². The third-order valence-electron chi connectivity index (χ3n) is 3.71. The Morgan fingerprint density at radius 1 is 1.19 bits per heavy atom. The third kappa shape index (κ3) is 4.64. The molecule has 6 heteroatoms. The van der Waals surface area contributed by atoms with Crippen LogP contribution in [0.4, 0.5) is 5.69 Å². The van der Waals surface area contributed by atoms with Gasteiger partial charge in [0.05, 0.1) is 17.8 Å². The Morgan fingerprint density at radius 2 is 1.96 bits per heavy atom. The van der Waals surface area contributed by atoms with Crippen molar-refractivity contribution in [2.45, 2.75) is 19.8 Å². The quantitative estimate of drug-likeness (QED) is 0.638. The Morgan fingerprint density at radius 3 is 2.69 bits per heavy atom. The molecule has 0 saturated carbocycles. The van der Waals surface area contributed by atoms with Gasteiger partial charge in [-0.3, -0.25) is 4.79 Å². The van der Waals surface area contributed by atoms with Crippen molar-refractivity contribution in [2.24, 2.45) is 0 Å². The minimum absolute atomic E-state index is 0.105. The van der Waals surface area contributed by atoms with Gasteiger partial charge < -0.3 is 14.5 Å². The van der Waals surface area contributed by atoms with Gasteiger partial charge in [0.25, 0.3) is 0 Å². The smallest absolute Gasteiger partial charge is 0.224 e. The Balaban J connectivity index is 1.54. The first kappa shape index (κ1) is 18.0. The maximum absolute atomic E-state index is 12.1. The molecule has 3 rings (SSSR count). The molecule has 134 valence electrons. The Labute approximate surface area is 157 Å². The van der Waals surface area contributed by atoms with Gasteiger partial charge in [-0.1, -0.05) is 23.7 Å². The summed E-state index contributed by atoms with van der Waals surface area (Å²) in [5.41, 5.74) is 1.51. The van der Waals surface area contributed by atoms with Crippen LogP contribution in [0.2, 0.25) is 5.02 Å². The van der Waals surface area contributed by atoms with E-state index in [1.54, 1.807) is 12.3 Å². The lowest BCUT2D eigenvalue weighted by atomic mass is 10.2. The topological polar surface area (TPSA) is 64.4 Å². The third-order valence-corrected chi connectivity index (χ3v) is 4.04. The number of nitrogens with zero attached hydrogens (tertiary/aromatic N) is 1. The van der Waals surface area contributed by atoms with Gasteiger partial charge in [0.2, 0.25) is 5.91 Å². The fourth-order valence-electron chi connectivity index (χ4n) is 2.46. The molecule has 1 N–H and O–H groups in total. The van der Waals surface area contributed by atoms with Crippen LogP contribution in [-0.4, -0.2) is 17.5 Å². The largest absolute Gasteiger partial charge is 0.494 e. The summed E-state index contributed by atoms with van der Waals surface area (Å²) in [7, 11) is 0. The lowest BCUT2D eigenvalue weighted by Gasteiger charge is -2.06. The average molecular weight is 371 g/mol. The first-order valence-corrected chi connectivity index (χ1v) is 8.76. The van der Waals surface area contributed by atoms with Crippen LogP contribution >= 0.6 is 11.6 Å². The van der Waals surface area contributed by atoms with E-state index >= 15 is 0 Å². The molecule has 0 bridgehead atoms. The number of aromatic nitrogens is 1. The molecule has 0 fully saturated rings. The molecule has 0 unspecified atom stereocenters. The van der Waals surface area contributed by atoms with E-state index in [9.17, 15) is 4.79 Å². The van der Waals surface area contributed by atoms with E-state index in [4.69, 9.17) is 20.8 Å². The Hall–Kier alpha value is -2.79. The number of carbonyl (C=O) groups is 1. The summed E-state index contributed by atoms with van der Waals surface area (Å²) in [6.07, 6.45) is 2.31. The van der Waals surface area contributed by atoms with Crippen LogP contribution in [0.3, 0.4) is 0 Å². The summed E-state index contributed by atoms with van der Waals surface area (Å²) in [6, 6.07) is 14.7. The molecule has 1 amide bonds. The molecule has 0 spiro atoms. The Bertz CT molecular complexity index is 875. The van der Waals surface area contributed by atoms with E-state index in [0.717, 1.165) is 17.0 Å². The van der Waals surface area contributed by atoms with Crippen LogP contribution in [0, 0.1) is 0 Å². The van der Waals surface area contributed by atoms with Crippen molar-refractivity contribution in [3.63, 3.8) is 0 Å². The molecular formula is C20H19ClN2O3. The number of aryl methyl sites for hydroxylation is 1. The van der Waals surface area contributed by atoms with Crippen LogP contribution in [0.15, 0.2) is 59.1 Å².